The summed E-state index contributed by atoms with van der Waals surface area (Å²) in [7, 11) is -3.27. The van der Waals surface area contributed by atoms with E-state index in [0.29, 0.717) is 18.3 Å². The second-order valence-corrected chi connectivity index (χ2v) is 7.56. The van der Waals surface area contributed by atoms with Crippen LogP contribution in [0.25, 0.3) is 0 Å². The van der Waals surface area contributed by atoms with Gasteiger partial charge in [-0.25, -0.2) is 13.4 Å². The van der Waals surface area contributed by atoms with Gasteiger partial charge in [0.2, 0.25) is 0 Å². The number of aliphatic hydroxyl groups is 1. The molecule has 1 aliphatic heterocycles. The molecule has 19 heavy (non-hydrogen) atoms. The van der Waals surface area contributed by atoms with Gasteiger partial charge in [-0.2, -0.15) is 0 Å². The van der Waals surface area contributed by atoms with Gasteiger partial charge in [0, 0.05) is 31.5 Å². The first kappa shape index (κ1) is 12.9. The average Bonchev–Trinajstić information content (AvgIpc) is 2.91. The lowest BCUT2D eigenvalue weighted by Crippen LogP contribution is -2.26. The van der Waals surface area contributed by atoms with Crippen molar-refractivity contribution in [2.75, 3.05) is 24.2 Å². The van der Waals surface area contributed by atoms with E-state index < -0.39 is 9.84 Å². The molecule has 1 aromatic rings. The Bertz CT molecular complexity index is 587. The summed E-state index contributed by atoms with van der Waals surface area (Å²) in [6, 6.07) is 3.24. The van der Waals surface area contributed by atoms with Crippen molar-refractivity contribution in [3.8, 4) is 0 Å². The Balaban J connectivity index is 1.93. The number of hydrogen-bond donors (Lipinski definition) is 1. The summed E-state index contributed by atoms with van der Waals surface area (Å²) in [6.45, 7) is 1.49. The highest BCUT2D eigenvalue weighted by Crippen LogP contribution is 2.40. The van der Waals surface area contributed by atoms with E-state index in [1.165, 1.54) is 6.26 Å². The van der Waals surface area contributed by atoms with Crippen LogP contribution >= 0.6 is 0 Å². The second-order valence-electron chi connectivity index (χ2n) is 5.57. The van der Waals surface area contributed by atoms with Crippen LogP contribution in [-0.4, -0.2) is 44.0 Å². The molecule has 1 N–H and O–H groups in total. The molecule has 2 aliphatic rings. The normalized spacial score (nSPS) is 30.6. The molecule has 0 radical (unpaired) electrons. The minimum absolute atomic E-state index is 0.250. The minimum Gasteiger partial charge on any atom is -0.393 e. The predicted octanol–water partition coefficient (Wildman–Crippen LogP) is 0.692. The fourth-order valence-electron chi connectivity index (χ4n) is 3.32. The summed E-state index contributed by atoms with van der Waals surface area (Å²) in [4.78, 5) is 6.53. The highest BCUT2D eigenvalue weighted by Gasteiger charge is 2.42. The first-order valence-corrected chi connectivity index (χ1v) is 8.44. The number of anilines is 1. The van der Waals surface area contributed by atoms with Gasteiger partial charge in [-0.1, -0.05) is 0 Å². The maximum absolute atomic E-state index is 11.8. The van der Waals surface area contributed by atoms with Gasteiger partial charge in [-0.15, -0.1) is 0 Å². The zero-order valence-corrected chi connectivity index (χ0v) is 11.7. The molecule has 0 amide bonds. The number of aromatic nitrogens is 1. The topological polar surface area (TPSA) is 70.5 Å². The van der Waals surface area contributed by atoms with Crippen molar-refractivity contribution >= 4 is 15.7 Å². The molecule has 3 rings (SSSR count). The first-order chi connectivity index (χ1) is 8.97. The van der Waals surface area contributed by atoms with Crippen LogP contribution in [0.15, 0.2) is 23.2 Å². The van der Waals surface area contributed by atoms with Gasteiger partial charge in [-0.05, 0) is 30.9 Å². The highest BCUT2D eigenvalue weighted by atomic mass is 32.2. The third-order valence-corrected chi connectivity index (χ3v) is 5.39. The molecule has 2 fully saturated rings. The lowest BCUT2D eigenvalue weighted by molar-refractivity contribution is 0.133. The summed E-state index contributed by atoms with van der Waals surface area (Å²) in [5.41, 5.74) is 0. The van der Waals surface area contributed by atoms with Gasteiger partial charge in [0.25, 0.3) is 0 Å². The minimum atomic E-state index is -3.27. The van der Waals surface area contributed by atoms with Crippen LogP contribution in [0, 0.1) is 11.8 Å². The summed E-state index contributed by atoms with van der Waals surface area (Å²) < 4.78 is 23.6. The molecule has 0 bridgehead atoms. The van der Waals surface area contributed by atoms with Crippen LogP contribution in [0.4, 0.5) is 5.82 Å². The van der Waals surface area contributed by atoms with Crippen molar-refractivity contribution < 1.29 is 13.5 Å². The van der Waals surface area contributed by atoms with E-state index in [2.05, 4.69) is 4.98 Å². The molecule has 3 unspecified atom stereocenters. The number of hydrogen-bond acceptors (Lipinski definition) is 5. The smallest absolute Gasteiger partial charge is 0.179 e. The van der Waals surface area contributed by atoms with E-state index >= 15 is 0 Å². The Morgan fingerprint density at radius 3 is 2.84 bits per heavy atom. The van der Waals surface area contributed by atoms with Crippen LogP contribution in [0.3, 0.4) is 0 Å². The van der Waals surface area contributed by atoms with Crippen LogP contribution in [-0.2, 0) is 9.84 Å². The Hall–Kier alpha value is -1.14. The van der Waals surface area contributed by atoms with Crippen molar-refractivity contribution in [2.24, 2.45) is 11.8 Å². The molecule has 0 aromatic carbocycles. The molecule has 0 spiro atoms. The van der Waals surface area contributed by atoms with Crippen LogP contribution < -0.4 is 4.90 Å². The molecule has 1 saturated carbocycles. The predicted molar refractivity (Wildman–Crippen MR) is 71.8 cm³/mol. The lowest BCUT2D eigenvalue weighted by atomic mass is 10.00. The number of sulfone groups is 1. The number of pyridine rings is 1. The highest BCUT2D eigenvalue weighted by molar-refractivity contribution is 7.90. The third-order valence-electron chi connectivity index (χ3n) is 4.27. The van der Waals surface area contributed by atoms with E-state index in [9.17, 15) is 13.5 Å². The number of nitrogens with zero attached hydrogens (tertiary/aromatic N) is 2. The first-order valence-electron chi connectivity index (χ1n) is 6.55. The van der Waals surface area contributed by atoms with Gasteiger partial charge >= 0.3 is 0 Å². The van der Waals surface area contributed by atoms with E-state index in [1.54, 1.807) is 18.3 Å². The molecule has 104 valence electrons. The van der Waals surface area contributed by atoms with Gasteiger partial charge in [0.05, 0.1) is 6.10 Å². The van der Waals surface area contributed by atoms with Crippen molar-refractivity contribution in [2.45, 2.75) is 23.8 Å². The van der Waals surface area contributed by atoms with E-state index in [4.69, 9.17) is 0 Å². The Morgan fingerprint density at radius 1 is 1.37 bits per heavy atom. The fraction of sp³-hybridized carbons (Fsp3) is 0.615. The van der Waals surface area contributed by atoms with Gasteiger partial charge in [-0.3, -0.25) is 0 Å². The summed E-state index contributed by atoms with van der Waals surface area (Å²) in [5.74, 6) is 1.26. The largest absolute Gasteiger partial charge is 0.393 e. The lowest BCUT2D eigenvalue weighted by Gasteiger charge is -2.21. The molecule has 1 aromatic heterocycles. The Kier molecular flexibility index (Phi) is 3.02. The molecule has 2 heterocycles. The SMILES string of the molecule is CS(=O)(=O)c1cccnc1N1CC2CCC(O)C2C1. The summed E-state index contributed by atoms with van der Waals surface area (Å²) in [6.07, 6.45) is 4.46. The van der Waals surface area contributed by atoms with Crippen molar-refractivity contribution in [1.82, 2.24) is 4.98 Å². The number of aliphatic hydroxyl groups excluding tert-OH is 1. The summed E-state index contributed by atoms with van der Waals surface area (Å²) >= 11 is 0. The molecule has 1 aliphatic carbocycles. The number of rotatable bonds is 2. The summed E-state index contributed by atoms with van der Waals surface area (Å²) in [5, 5.41) is 9.93. The quantitative estimate of drug-likeness (QED) is 0.864. The molecular formula is C13H18N2O3S. The Morgan fingerprint density at radius 2 is 2.16 bits per heavy atom. The second kappa shape index (κ2) is 4.45. The zero-order valence-electron chi connectivity index (χ0n) is 10.9. The molecule has 5 nitrogen and oxygen atoms in total. The average molecular weight is 282 g/mol. The Labute approximate surface area is 113 Å². The zero-order chi connectivity index (χ0) is 13.6. The monoisotopic (exact) mass is 282 g/mol. The van der Waals surface area contributed by atoms with Gasteiger partial charge in [0.15, 0.2) is 9.84 Å². The molecule has 3 atom stereocenters. The number of fused-ring (bicyclic) bond motifs is 1. The van der Waals surface area contributed by atoms with Crippen LogP contribution in [0.1, 0.15) is 12.8 Å². The van der Waals surface area contributed by atoms with Crippen LogP contribution in [0.2, 0.25) is 0 Å². The van der Waals surface area contributed by atoms with E-state index in [0.717, 1.165) is 19.4 Å². The maximum Gasteiger partial charge on any atom is 0.179 e. The van der Waals surface area contributed by atoms with E-state index in [-0.39, 0.29) is 16.9 Å². The third kappa shape index (κ3) is 2.23. The molecule has 6 heteroatoms. The van der Waals surface area contributed by atoms with Gasteiger partial charge in [0.1, 0.15) is 10.7 Å². The standard InChI is InChI=1S/C13H18N2O3S/c1-19(17,18)12-3-2-6-14-13(12)15-7-9-4-5-11(16)10(9)8-15/h2-3,6,9-11,16H,4-5,7-8H2,1H3. The van der Waals surface area contributed by atoms with Crippen LogP contribution in [0.5, 0.6) is 0 Å². The van der Waals surface area contributed by atoms with Crippen molar-refractivity contribution in [1.29, 1.82) is 0 Å². The fourth-order valence-corrected chi connectivity index (χ4v) is 4.16. The molecular weight excluding hydrogens is 264 g/mol. The van der Waals surface area contributed by atoms with E-state index in [1.807, 2.05) is 4.90 Å². The molecule has 1 saturated heterocycles. The van der Waals surface area contributed by atoms with Gasteiger partial charge < -0.3 is 10.0 Å². The van der Waals surface area contributed by atoms with Crippen molar-refractivity contribution in [3.63, 3.8) is 0 Å². The van der Waals surface area contributed by atoms with Crippen molar-refractivity contribution in [3.05, 3.63) is 18.3 Å². The maximum atomic E-state index is 11.8.